The number of cyclic esters (lactones) is 1. The van der Waals surface area contributed by atoms with E-state index in [1.165, 1.54) is 6.07 Å². The number of halogens is 1. The van der Waals surface area contributed by atoms with E-state index in [0.29, 0.717) is 11.4 Å². The van der Waals surface area contributed by atoms with Crippen LogP contribution in [0, 0.1) is 0 Å². The van der Waals surface area contributed by atoms with Crippen molar-refractivity contribution in [1.29, 1.82) is 0 Å². The Kier molecular flexibility index (Phi) is 6.67. The molecule has 6 nitrogen and oxygen atoms in total. The molecule has 1 heterocycles. The SMILES string of the molecule is O=C(O)C[C@@]1(O)C[C@@H](CCCCCCc2ccc(Cl)cc2O)OC1=O. The Bertz CT molecular complexity index is 632. The van der Waals surface area contributed by atoms with Crippen LogP contribution in [-0.2, 0) is 20.7 Å². The molecule has 25 heavy (non-hydrogen) atoms. The summed E-state index contributed by atoms with van der Waals surface area (Å²) in [6, 6.07) is 5.10. The lowest BCUT2D eigenvalue weighted by Crippen LogP contribution is -2.36. The number of esters is 1. The highest BCUT2D eigenvalue weighted by Gasteiger charge is 2.48. The van der Waals surface area contributed by atoms with Crippen LogP contribution >= 0.6 is 11.6 Å². The van der Waals surface area contributed by atoms with Crippen LogP contribution in [-0.4, -0.2) is 39.0 Å². The average molecular weight is 371 g/mol. The third kappa shape index (κ3) is 5.61. The van der Waals surface area contributed by atoms with Gasteiger partial charge in [0.2, 0.25) is 0 Å². The number of unbranched alkanes of at least 4 members (excludes halogenated alkanes) is 3. The first kappa shape index (κ1) is 19.5. The third-order valence-electron chi connectivity index (χ3n) is 4.43. The van der Waals surface area contributed by atoms with E-state index in [4.69, 9.17) is 21.4 Å². The number of aromatic hydroxyl groups is 1. The molecule has 1 aliphatic heterocycles. The molecule has 1 aliphatic rings. The van der Waals surface area contributed by atoms with Crippen LogP contribution in [0.2, 0.25) is 5.02 Å². The Labute approximate surface area is 151 Å². The van der Waals surface area contributed by atoms with Gasteiger partial charge in [0.1, 0.15) is 11.9 Å². The van der Waals surface area contributed by atoms with Crippen molar-refractivity contribution in [2.24, 2.45) is 0 Å². The second-order valence-electron chi connectivity index (χ2n) is 6.56. The molecule has 0 spiro atoms. The average Bonchev–Trinajstić information content (AvgIpc) is 2.78. The summed E-state index contributed by atoms with van der Waals surface area (Å²) in [4.78, 5) is 22.3. The fourth-order valence-electron chi connectivity index (χ4n) is 3.11. The number of rotatable bonds is 9. The first-order valence-electron chi connectivity index (χ1n) is 8.43. The topological polar surface area (TPSA) is 104 Å². The lowest BCUT2D eigenvalue weighted by molar-refractivity contribution is -0.160. The molecule has 0 aromatic heterocycles. The number of benzene rings is 1. The molecule has 7 heteroatoms. The quantitative estimate of drug-likeness (QED) is 0.456. The van der Waals surface area contributed by atoms with Crippen LogP contribution in [0.1, 0.15) is 50.5 Å². The summed E-state index contributed by atoms with van der Waals surface area (Å²) in [6.45, 7) is 0. The number of phenolic OH excluding ortho intramolecular Hbond substituents is 1. The van der Waals surface area contributed by atoms with Gasteiger partial charge in [-0.3, -0.25) is 4.79 Å². The molecule has 1 aromatic carbocycles. The van der Waals surface area contributed by atoms with Gasteiger partial charge in [0.15, 0.2) is 5.60 Å². The number of phenols is 1. The van der Waals surface area contributed by atoms with E-state index in [0.717, 1.165) is 37.7 Å². The normalized spacial score (nSPS) is 22.8. The Morgan fingerprint density at radius 2 is 2.00 bits per heavy atom. The van der Waals surface area contributed by atoms with Crippen molar-refractivity contribution in [2.45, 2.75) is 63.1 Å². The second kappa shape index (κ2) is 8.54. The first-order chi connectivity index (χ1) is 11.8. The zero-order valence-electron chi connectivity index (χ0n) is 13.9. The molecule has 0 unspecified atom stereocenters. The fraction of sp³-hybridized carbons (Fsp3) is 0.556. The molecular weight excluding hydrogens is 348 g/mol. The highest BCUT2D eigenvalue weighted by molar-refractivity contribution is 6.30. The highest BCUT2D eigenvalue weighted by atomic mass is 35.5. The van der Waals surface area contributed by atoms with Crippen molar-refractivity contribution < 1.29 is 29.6 Å². The first-order valence-corrected chi connectivity index (χ1v) is 8.80. The van der Waals surface area contributed by atoms with Crippen LogP contribution in [0.15, 0.2) is 18.2 Å². The minimum Gasteiger partial charge on any atom is -0.508 e. The van der Waals surface area contributed by atoms with Gasteiger partial charge >= 0.3 is 11.9 Å². The number of aliphatic carboxylic acids is 1. The van der Waals surface area contributed by atoms with E-state index < -0.39 is 30.1 Å². The summed E-state index contributed by atoms with van der Waals surface area (Å²) in [5, 5.41) is 29.1. The molecule has 1 aromatic rings. The van der Waals surface area contributed by atoms with E-state index in [1.54, 1.807) is 6.07 Å². The molecule has 0 aliphatic carbocycles. The van der Waals surface area contributed by atoms with Gasteiger partial charge in [0.05, 0.1) is 6.42 Å². The van der Waals surface area contributed by atoms with Crippen molar-refractivity contribution in [3.63, 3.8) is 0 Å². The highest BCUT2D eigenvalue weighted by Crippen LogP contribution is 2.31. The lowest BCUT2D eigenvalue weighted by atomic mass is 9.93. The summed E-state index contributed by atoms with van der Waals surface area (Å²) in [6.07, 6.45) is 4.01. The minimum atomic E-state index is -1.89. The van der Waals surface area contributed by atoms with Gasteiger partial charge in [-0.1, -0.05) is 30.5 Å². The summed E-state index contributed by atoms with van der Waals surface area (Å²) in [7, 11) is 0. The van der Waals surface area contributed by atoms with E-state index >= 15 is 0 Å². The Balaban J connectivity index is 1.63. The number of carbonyl (C=O) groups excluding carboxylic acids is 1. The van der Waals surface area contributed by atoms with Gasteiger partial charge in [-0.25, -0.2) is 4.79 Å². The molecule has 2 atom stereocenters. The monoisotopic (exact) mass is 370 g/mol. The molecule has 1 fully saturated rings. The molecular formula is C18H23ClO6. The molecule has 3 N–H and O–H groups in total. The number of aryl methyl sites for hydroxylation is 1. The largest absolute Gasteiger partial charge is 0.508 e. The number of carbonyl (C=O) groups is 2. The standard InChI is InChI=1S/C18H23ClO6/c19-13-8-7-12(15(20)9-13)5-3-1-2-4-6-14-10-18(24,11-16(21)22)17(23)25-14/h7-9,14,20,24H,1-6,10-11H2,(H,21,22)/t14-,18+/m1/s1. The maximum atomic E-state index is 11.6. The summed E-state index contributed by atoms with van der Waals surface area (Å²) < 4.78 is 5.08. The number of carboxylic acids is 1. The molecule has 1 saturated heterocycles. The van der Waals surface area contributed by atoms with Crippen molar-refractivity contribution >= 4 is 23.5 Å². The van der Waals surface area contributed by atoms with Crippen LogP contribution in [0.25, 0.3) is 0 Å². The summed E-state index contributed by atoms with van der Waals surface area (Å²) >= 11 is 5.79. The Morgan fingerprint density at radius 3 is 2.68 bits per heavy atom. The lowest BCUT2D eigenvalue weighted by Gasteiger charge is -2.14. The van der Waals surface area contributed by atoms with Gasteiger partial charge in [-0.2, -0.15) is 0 Å². The van der Waals surface area contributed by atoms with Crippen LogP contribution < -0.4 is 0 Å². The zero-order valence-corrected chi connectivity index (χ0v) is 14.7. The Morgan fingerprint density at radius 1 is 1.28 bits per heavy atom. The third-order valence-corrected chi connectivity index (χ3v) is 4.67. The number of aliphatic hydroxyl groups is 1. The van der Waals surface area contributed by atoms with Crippen LogP contribution in [0.5, 0.6) is 5.75 Å². The number of hydrogen-bond donors (Lipinski definition) is 3. The number of carboxylic acid groups (broad SMARTS) is 1. The van der Waals surface area contributed by atoms with Gasteiger partial charge in [0.25, 0.3) is 0 Å². The maximum absolute atomic E-state index is 11.6. The minimum absolute atomic E-state index is 0.0385. The maximum Gasteiger partial charge on any atom is 0.339 e. The molecule has 0 radical (unpaired) electrons. The van der Waals surface area contributed by atoms with Crippen molar-refractivity contribution in [3.8, 4) is 5.75 Å². The van der Waals surface area contributed by atoms with E-state index in [9.17, 15) is 19.8 Å². The van der Waals surface area contributed by atoms with E-state index in [-0.39, 0.29) is 12.2 Å². The van der Waals surface area contributed by atoms with E-state index in [1.807, 2.05) is 6.07 Å². The molecule has 138 valence electrons. The van der Waals surface area contributed by atoms with Gasteiger partial charge in [-0.05, 0) is 43.4 Å². The molecule has 0 bridgehead atoms. The van der Waals surface area contributed by atoms with Crippen molar-refractivity contribution in [2.75, 3.05) is 0 Å². The fourth-order valence-corrected chi connectivity index (χ4v) is 3.27. The molecule has 0 amide bonds. The van der Waals surface area contributed by atoms with Crippen LogP contribution in [0.4, 0.5) is 0 Å². The predicted octanol–water partition coefficient (Wildman–Crippen LogP) is 3.06. The van der Waals surface area contributed by atoms with Crippen LogP contribution in [0.3, 0.4) is 0 Å². The van der Waals surface area contributed by atoms with Crippen molar-refractivity contribution in [3.05, 3.63) is 28.8 Å². The summed E-state index contributed by atoms with van der Waals surface area (Å²) in [5.74, 6) is -1.84. The number of hydrogen-bond acceptors (Lipinski definition) is 5. The number of ether oxygens (including phenoxy) is 1. The van der Waals surface area contributed by atoms with Gasteiger partial charge < -0.3 is 20.1 Å². The van der Waals surface area contributed by atoms with Gasteiger partial charge in [-0.15, -0.1) is 0 Å². The predicted molar refractivity (Wildman–Crippen MR) is 91.6 cm³/mol. The molecule has 0 saturated carbocycles. The zero-order chi connectivity index (χ0) is 18.4. The molecule has 2 rings (SSSR count). The second-order valence-corrected chi connectivity index (χ2v) is 7.00. The van der Waals surface area contributed by atoms with E-state index in [2.05, 4.69) is 0 Å². The van der Waals surface area contributed by atoms with Crippen molar-refractivity contribution in [1.82, 2.24) is 0 Å². The van der Waals surface area contributed by atoms with Gasteiger partial charge in [0, 0.05) is 11.4 Å². The smallest absolute Gasteiger partial charge is 0.339 e. The summed E-state index contributed by atoms with van der Waals surface area (Å²) in [5.41, 5.74) is -1.02. The Hall–Kier alpha value is -1.79.